The van der Waals surface area contributed by atoms with E-state index in [-0.39, 0.29) is 0 Å². The van der Waals surface area contributed by atoms with Crippen LogP contribution in [-0.4, -0.2) is 11.0 Å². The summed E-state index contributed by atoms with van der Waals surface area (Å²) in [5, 5.41) is 1.24. The zero-order valence-corrected chi connectivity index (χ0v) is 12.3. The Morgan fingerprint density at radius 2 is 2.00 bits per heavy atom. The van der Waals surface area contributed by atoms with Crippen molar-refractivity contribution in [3.63, 3.8) is 0 Å². The van der Waals surface area contributed by atoms with E-state index in [0.29, 0.717) is 6.04 Å². The lowest BCUT2D eigenvalue weighted by atomic mass is 9.98. The van der Waals surface area contributed by atoms with E-state index < -0.39 is 0 Å². The predicted molar refractivity (Wildman–Crippen MR) is 85.3 cm³/mol. The van der Waals surface area contributed by atoms with Crippen LogP contribution in [0, 0.1) is 0 Å². The van der Waals surface area contributed by atoms with Crippen LogP contribution in [0.4, 0.5) is 0 Å². The Labute approximate surface area is 121 Å². The zero-order valence-electron chi connectivity index (χ0n) is 12.3. The molecule has 3 heteroatoms. The second-order valence-electron chi connectivity index (χ2n) is 5.40. The van der Waals surface area contributed by atoms with Crippen molar-refractivity contribution in [2.45, 2.75) is 51.5 Å². The fourth-order valence-corrected chi connectivity index (χ4v) is 2.66. The average Bonchev–Trinajstić information content (AvgIpc) is 2.50. The van der Waals surface area contributed by atoms with Crippen LogP contribution < -0.4 is 11.3 Å². The second-order valence-corrected chi connectivity index (χ2v) is 5.40. The third-order valence-electron chi connectivity index (χ3n) is 3.85. The Balaban J connectivity index is 2.02. The summed E-state index contributed by atoms with van der Waals surface area (Å²) < 4.78 is 0. The number of hydrogen-bond donors (Lipinski definition) is 2. The van der Waals surface area contributed by atoms with Crippen LogP contribution in [-0.2, 0) is 6.42 Å². The molecule has 0 radical (unpaired) electrons. The number of fused-ring (bicyclic) bond motifs is 1. The molecule has 0 amide bonds. The van der Waals surface area contributed by atoms with Crippen molar-refractivity contribution in [1.29, 1.82) is 0 Å². The smallest absolute Gasteiger partial charge is 0.0704 e. The molecule has 2 aromatic rings. The highest BCUT2D eigenvalue weighted by atomic mass is 15.2. The molecule has 108 valence electrons. The summed E-state index contributed by atoms with van der Waals surface area (Å²) in [5.74, 6) is 5.71. The third kappa shape index (κ3) is 4.02. The normalized spacial score (nSPS) is 12.7. The molecule has 0 spiro atoms. The number of hydrogen-bond acceptors (Lipinski definition) is 3. The standard InChI is InChI=1S/C17H25N3/c1-2-3-4-5-8-15(20-18)13-14-11-12-19-17-10-7-6-9-16(14)17/h6-7,9-12,15,20H,2-5,8,13,18H2,1H3. The molecule has 1 heterocycles. The minimum absolute atomic E-state index is 0.345. The quantitative estimate of drug-likeness (QED) is 0.438. The summed E-state index contributed by atoms with van der Waals surface area (Å²) in [6.07, 6.45) is 9.11. The van der Waals surface area contributed by atoms with E-state index in [1.165, 1.54) is 36.6 Å². The molecule has 20 heavy (non-hydrogen) atoms. The van der Waals surface area contributed by atoms with Crippen LogP contribution in [0.2, 0.25) is 0 Å². The predicted octanol–water partition coefficient (Wildman–Crippen LogP) is 3.58. The zero-order chi connectivity index (χ0) is 14.2. The van der Waals surface area contributed by atoms with Crippen molar-refractivity contribution in [2.75, 3.05) is 0 Å². The number of pyridine rings is 1. The van der Waals surface area contributed by atoms with Crippen molar-refractivity contribution in [3.05, 3.63) is 42.1 Å². The summed E-state index contributed by atoms with van der Waals surface area (Å²) in [6, 6.07) is 10.8. The molecule has 2 rings (SSSR count). The van der Waals surface area contributed by atoms with Crippen LogP contribution in [0.3, 0.4) is 0 Å². The maximum atomic E-state index is 5.71. The Bertz CT molecular complexity index is 519. The van der Waals surface area contributed by atoms with Gasteiger partial charge in [-0.25, -0.2) is 0 Å². The Kier molecular flexibility index (Phi) is 5.96. The number of benzene rings is 1. The van der Waals surface area contributed by atoms with Crippen molar-refractivity contribution in [1.82, 2.24) is 10.4 Å². The maximum absolute atomic E-state index is 5.71. The van der Waals surface area contributed by atoms with Gasteiger partial charge in [0, 0.05) is 17.6 Å². The van der Waals surface area contributed by atoms with Crippen molar-refractivity contribution in [2.24, 2.45) is 5.84 Å². The van der Waals surface area contributed by atoms with Gasteiger partial charge in [0.1, 0.15) is 0 Å². The van der Waals surface area contributed by atoms with Crippen molar-refractivity contribution in [3.8, 4) is 0 Å². The lowest BCUT2D eigenvalue weighted by Gasteiger charge is -2.17. The van der Waals surface area contributed by atoms with Gasteiger partial charge < -0.3 is 0 Å². The first kappa shape index (κ1) is 14.9. The topological polar surface area (TPSA) is 50.9 Å². The number of aromatic nitrogens is 1. The molecule has 1 aromatic heterocycles. The number of nitrogens with one attached hydrogen (secondary N) is 1. The number of nitrogens with zero attached hydrogens (tertiary/aromatic N) is 1. The van der Waals surface area contributed by atoms with E-state index in [1.807, 2.05) is 12.3 Å². The number of nitrogens with two attached hydrogens (primary N) is 1. The molecule has 1 unspecified atom stereocenters. The van der Waals surface area contributed by atoms with E-state index in [9.17, 15) is 0 Å². The van der Waals surface area contributed by atoms with Gasteiger partial charge in [0.05, 0.1) is 5.52 Å². The molecule has 0 fully saturated rings. The van der Waals surface area contributed by atoms with Gasteiger partial charge in [-0.1, -0.05) is 50.8 Å². The summed E-state index contributed by atoms with van der Waals surface area (Å²) in [5.41, 5.74) is 5.36. The minimum Gasteiger partial charge on any atom is -0.271 e. The molecule has 0 aliphatic rings. The summed E-state index contributed by atoms with van der Waals surface area (Å²) in [4.78, 5) is 4.41. The summed E-state index contributed by atoms with van der Waals surface area (Å²) in [6.45, 7) is 2.24. The van der Waals surface area contributed by atoms with Crippen molar-refractivity contribution < 1.29 is 0 Å². The molecule has 1 atom stereocenters. The van der Waals surface area contributed by atoms with Crippen LogP contribution >= 0.6 is 0 Å². The number of hydrazine groups is 1. The average molecular weight is 271 g/mol. The van der Waals surface area contributed by atoms with E-state index in [1.54, 1.807) is 0 Å². The molecule has 0 saturated carbocycles. The van der Waals surface area contributed by atoms with Crippen LogP contribution in [0.5, 0.6) is 0 Å². The summed E-state index contributed by atoms with van der Waals surface area (Å²) >= 11 is 0. The fourth-order valence-electron chi connectivity index (χ4n) is 2.66. The van der Waals surface area contributed by atoms with E-state index in [0.717, 1.165) is 18.4 Å². The first-order valence-electron chi connectivity index (χ1n) is 7.64. The molecule has 0 saturated heterocycles. The Morgan fingerprint density at radius 3 is 2.80 bits per heavy atom. The molecule has 0 aliphatic carbocycles. The van der Waals surface area contributed by atoms with Gasteiger partial charge in [-0.3, -0.25) is 16.3 Å². The fraction of sp³-hybridized carbons (Fsp3) is 0.471. The molecule has 3 N–H and O–H groups in total. The Morgan fingerprint density at radius 1 is 1.15 bits per heavy atom. The highest BCUT2D eigenvalue weighted by Crippen LogP contribution is 2.19. The highest BCUT2D eigenvalue weighted by molar-refractivity contribution is 5.81. The summed E-state index contributed by atoms with van der Waals surface area (Å²) in [7, 11) is 0. The van der Waals surface area contributed by atoms with E-state index in [2.05, 4.69) is 41.6 Å². The monoisotopic (exact) mass is 271 g/mol. The van der Waals surface area contributed by atoms with Crippen LogP contribution in [0.15, 0.2) is 36.5 Å². The van der Waals surface area contributed by atoms with Gasteiger partial charge in [-0.15, -0.1) is 0 Å². The largest absolute Gasteiger partial charge is 0.271 e. The third-order valence-corrected chi connectivity index (χ3v) is 3.85. The van der Waals surface area contributed by atoms with Gasteiger partial charge in [-0.2, -0.15) is 0 Å². The SMILES string of the molecule is CCCCCCC(Cc1ccnc2ccccc12)NN. The number of unbranched alkanes of at least 4 members (excludes halogenated alkanes) is 3. The van der Waals surface area contributed by atoms with Crippen LogP contribution in [0.25, 0.3) is 10.9 Å². The molecular formula is C17H25N3. The first-order chi connectivity index (χ1) is 9.85. The number of para-hydroxylation sites is 1. The van der Waals surface area contributed by atoms with Crippen molar-refractivity contribution >= 4 is 10.9 Å². The van der Waals surface area contributed by atoms with Gasteiger partial charge in [0.2, 0.25) is 0 Å². The second kappa shape index (κ2) is 7.98. The lowest BCUT2D eigenvalue weighted by molar-refractivity contribution is 0.464. The first-order valence-corrected chi connectivity index (χ1v) is 7.64. The maximum Gasteiger partial charge on any atom is 0.0704 e. The molecule has 0 aliphatic heterocycles. The van der Waals surface area contributed by atoms with Gasteiger partial charge in [-0.05, 0) is 30.5 Å². The molecule has 0 bridgehead atoms. The van der Waals surface area contributed by atoms with E-state index >= 15 is 0 Å². The Hall–Kier alpha value is -1.45. The molecular weight excluding hydrogens is 246 g/mol. The molecule has 1 aromatic carbocycles. The molecule has 3 nitrogen and oxygen atoms in total. The minimum atomic E-state index is 0.345. The number of rotatable bonds is 8. The van der Waals surface area contributed by atoms with Gasteiger partial charge in [0.15, 0.2) is 0 Å². The van der Waals surface area contributed by atoms with Gasteiger partial charge >= 0.3 is 0 Å². The highest BCUT2D eigenvalue weighted by Gasteiger charge is 2.10. The van der Waals surface area contributed by atoms with Gasteiger partial charge in [0.25, 0.3) is 0 Å². The van der Waals surface area contributed by atoms with Crippen LogP contribution in [0.1, 0.15) is 44.6 Å². The van der Waals surface area contributed by atoms with E-state index in [4.69, 9.17) is 5.84 Å². The lowest BCUT2D eigenvalue weighted by Crippen LogP contribution is -2.36.